The molecule has 0 radical (unpaired) electrons. The highest BCUT2D eigenvalue weighted by atomic mass is 32.2. The SMILES string of the molecule is CSc1nccc(N2CCC(N(C)C)CC2)n1. The lowest BCUT2D eigenvalue weighted by atomic mass is 10.0. The lowest BCUT2D eigenvalue weighted by Crippen LogP contribution is -2.42. The molecule has 0 bridgehead atoms. The minimum Gasteiger partial charge on any atom is -0.356 e. The Kier molecular flexibility index (Phi) is 4.23. The van der Waals surface area contributed by atoms with Crippen molar-refractivity contribution in [2.24, 2.45) is 0 Å². The summed E-state index contributed by atoms with van der Waals surface area (Å²) in [5.41, 5.74) is 0. The summed E-state index contributed by atoms with van der Waals surface area (Å²) in [7, 11) is 4.33. The van der Waals surface area contributed by atoms with Crippen LogP contribution in [-0.4, -0.2) is 54.4 Å². The van der Waals surface area contributed by atoms with E-state index in [1.807, 2.05) is 18.5 Å². The summed E-state index contributed by atoms with van der Waals surface area (Å²) in [5, 5.41) is 0.859. The number of thioether (sulfide) groups is 1. The maximum Gasteiger partial charge on any atom is 0.189 e. The number of rotatable bonds is 3. The van der Waals surface area contributed by atoms with Crippen molar-refractivity contribution in [2.75, 3.05) is 38.3 Å². The molecule has 0 amide bonds. The molecular weight excluding hydrogens is 232 g/mol. The second kappa shape index (κ2) is 5.69. The van der Waals surface area contributed by atoms with E-state index >= 15 is 0 Å². The molecule has 2 heterocycles. The van der Waals surface area contributed by atoms with Gasteiger partial charge in [-0.25, -0.2) is 9.97 Å². The number of nitrogens with zero attached hydrogens (tertiary/aromatic N) is 4. The maximum atomic E-state index is 4.55. The summed E-state index contributed by atoms with van der Waals surface area (Å²) in [5.74, 6) is 1.07. The fourth-order valence-electron chi connectivity index (χ4n) is 2.22. The Labute approximate surface area is 107 Å². The Hall–Kier alpha value is -0.810. The fraction of sp³-hybridized carbons (Fsp3) is 0.667. The van der Waals surface area contributed by atoms with Crippen LogP contribution in [0.2, 0.25) is 0 Å². The van der Waals surface area contributed by atoms with E-state index < -0.39 is 0 Å². The van der Waals surface area contributed by atoms with E-state index in [1.165, 1.54) is 12.8 Å². The summed E-state index contributed by atoms with van der Waals surface area (Å²) in [4.78, 5) is 13.4. The molecule has 2 rings (SSSR count). The van der Waals surface area contributed by atoms with Crippen molar-refractivity contribution in [2.45, 2.75) is 24.0 Å². The molecule has 0 aromatic carbocycles. The molecule has 1 saturated heterocycles. The second-order valence-electron chi connectivity index (χ2n) is 4.58. The van der Waals surface area contributed by atoms with Crippen molar-refractivity contribution >= 4 is 17.6 Å². The van der Waals surface area contributed by atoms with Gasteiger partial charge < -0.3 is 9.80 Å². The van der Waals surface area contributed by atoms with Gasteiger partial charge in [0.25, 0.3) is 0 Å². The van der Waals surface area contributed by atoms with Crippen LogP contribution in [0.25, 0.3) is 0 Å². The molecule has 4 nitrogen and oxygen atoms in total. The molecule has 0 unspecified atom stereocenters. The van der Waals surface area contributed by atoms with Crippen molar-refractivity contribution < 1.29 is 0 Å². The van der Waals surface area contributed by atoms with E-state index in [9.17, 15) is 0 Å². The van der Waals surface area contributed by atoms with E-state index in [-0.39, 0.29) is 0 Å². The zero-order valence-electron chi connectivity index (χ0n) is 10.8. The number of hydrogen-bond donors (Lipinski definition) is 0. The molecule has 1 aliphatic heterocycles. The maximum absolute atomic E-state index is 4.55. The predicted molar refractivity (Wildman–Crippen MR) is 72.7 cm³/mol. The number of aromatic nitrogens is 2. The van der Waals surface area contributed by atoms with Crippen molar-refractivity contribution in [3.05, 3.63) is 12.3 Å². The van der Waals surface area contributed by atoms with Gasteiger partial charge in [0, 0.05) is 25.3 Å². The molecule has 0 saturated carbocycles. The first-order chi connectivity index (χ1) is 8.20. The summed E-state index contributed by atoms with van der Waals surface area (Å²) in [6.07, 6.45) is 6.29. The van der Waals surface area contributed by atoms with Gasteiger partial charge in [0.1, 0.15) is 5.82 Å². The summed E-state index contributed by atoms with van der Waals surface area (Å²) >= 11 is 1.60. The number of hydrogen-bond acceptors (Lipinski definition) is 5. The summed E-state index contributed by atoms with van der Waals surface area (Å²) in [6, 6.07) is 2.73. The Morgan fingerprint density at radius 3 is 2.65 bits per heavy atom. The lowest BCUT2D eigenvalue weighted by Gasteiger charge is -2.35. The number of piperidine rings is 1. The van der Waals surface area contributed by atoms with Crippen LogP contribution >= 0.6 is 11.8 Å². The molecule has 1 aromatic rings. The highest BCUT2D eigenvalue weighted by Crippen LogP contribution is 2.21. The Morgan fingerprint density at radius 1 is 1.35 bits per heavy atom. The minimum absolute atomic E-state index is 0.716. The van der Waals surface area contributed by atoms with Crippen LogP contribution in [0.1, 0.15) is 12.8 Å². The van der Waals surface area contributed by atoms with Gasteiger partial charge >= 0.3 is 0 Å². The first-order valence-electron chi connectivity index (χ1n) is 5.99. The van der Waals surface area contributed by atoms with Crippen molar-refractivity contribution in [3.63, 3.8) is 0 Å². The fourth-order valence-corrected chi connectivity index (χ4v) is 2.57. The molecule has 1 aliphatic rings. The normalized spacial score (nSPS) is 17.8. The third-order valence-corrected chi connectivity index (χ3v) is 3.88. The molecule has 0 aliphatic carbocycles. The minimum atomic E-state index is 0.716. The van der Waals surface area contributed by atoms with Gasteiger partial charge in [-0.1, -0.05) is 11.8 Å². The zero-order valence-corrected chi connectivity index (χ0v) is 11.6. The largest absolute Gasteiger partial charge is 0.356 e. The van der Waals surface area contributed by atoms with Crippen LogP contribution in [0.5, 0.6) is 0 Å². The standard InChI is InChI=1S/C12H20N4S/c1-15(2)10-5-8-16(9-6-10)11-4-7-13-12(14-11)17-3/h4,7,10H,5-6,8-9H2,1-3H3. The Balaban J connectivity index is 2.00. The average molecular weight is 252 g/mol. The van der Waals surface area contributed by atoms with Crippen LogP contribution in [0, 0.1) is 0 Å². The van der Waals surface area contributed by atoms with Crippen molar-refractivity contribution in [1.29, 1.82) is 0 Å². The predicted octanol–water partition coefficient (Wildman–Crippen LogP) is 1.73. The topological polar surface area (TPSA) is 32.3 Å². The van der Waals surface area contributed by atoms with Crippen LogP contribution < -0.4 is 4.90 Å². The Morgan fingerprint density at radius 2 is 2.06 bits per heavy atom. The molecule has 5 heteroatoms. The van der Waals surface area contributed by atoms with E-state index in [2.05, 4.69) is 33.9 Å². The molecule has 1 aromatic heterocycles. The van der Waals surface area contributed by atoms with Crippen LogP contribution in [-0.2, 0) is 0 Å². The Bertz CT molecular complexity index is 361. The lowest BCUT2D eigenvalue weighted by molar-refractivity contribution is 0.249. The zero-order chi connectivity index (χ0) is 12.3. The molecular formula is C12H20N4S. The van der Waals surface area contributed by atoms with E-state index in [0.717, 1.165) is 24.1 Å². The van der Waals surface area contributed by atoms with Gasteiger partial charge in [-0.3, -0.25) is 0 Å². The van der Waals surface area contributed by atoms with E-state index in [1.54, 1.807) is 11.8 Å². The van der Waals surface area contributed by atoms with Crippen LogP contribution in [0.3, 0.4) is 0 Å². The monoisotopic (exact) mass is 252 g/mol. The molecule has 94 valence electrons. The van der Waals surface area contributed by atoms with Crippen molar-refractivity contribution in [1.82, 2.24) is 14.9 Å². The first-order valence-corrected chi connectivity index (χ1v) is 7.21. The second-order valence-corrected chi connectivity index (χ2v) is 5.36. The third-order valence-electron chi connectivity index (χ3n) is 3.32. The first kappa shape index (κ1) is 12.6. The number of anilines is 1. The molecule has 1 fully saturated rings. The summed E-state index contributed by atoms with van der Waals surface area (Å²) in [6.45, 7) is 2.18. The smallest absolute Gasteiger partial charge is 0.189 e. The van der Waals surface area contributed by atoms with Gasteiger partial charge in [-0.2, -0.15) is 0 Å². The van der Waals surface area contributed by atoms with E-state index in [0.29, 0.717) is 6.04 Å². The van der Waals surface area contributed by atoms with Gasteiger partial charge in [-0.05, 0) is 39.3 Å². The highest BCUT2D eigenvalue weighted by molar-refractivity contribution is 7.98. The van der Waals surface area contributed by atoms with Crippen LogP contribution in [0.4, 0.5) is 5.82 Å². The molecule has 0 spiro atoms. The quantitative estimate of drug-likeness (QED) is 0.604. The van der Waals surface area contributed by atoms with Gasteiger partial charge in [0.15, 0.2) is 5.16 Å². The molecule has 0 N–H and O–H groups in total. The van der Waals surface area contributed by atoms with Crippen LogP contribution in [0.15, 0.2) is 17.4 Å². The average Bonchev–Trinajstić information content (AvgIpc) is 2.39. The van der Waals surface area contributed by atoms with Crippen molar-refractivity contribution in [3.8, 4) is 0 Å². The highest BCUT2D eigenvalue weighted by Gasteiger charge is 2.21. The van der Waals surface area contributed by atoms with E-state index in [4.69, 9.17) is 0 Å². The van der Waals surface area contributed by atoms with Gasteiger partial charge in [-0.15, -0.1) is 0 Å². The van der Waals surface area contributed by atoms with Gasteiger partial charge in [0.05, 0.1) is 0 Å². The molecule has 0 atom stereocenters. The summed E-state index contributed by atoms with van der Waals surface area (Å²) < 4.78 is 0. The van der Waals surface area contributed by atoms with Gasteiger partial charge in [0.2, 0.25) is 0 Å². The molecule has 17 heavy (non-hydrogen) atoms. The third kappa shape index (κ3) is 3.10.